The molecule has 3 heteroatoms. The molecular weight excluding hydrogens is 280 g/mol. The van der Waals surface area contributed by atoms with Crippen molar-refractivity contribution in [2.24, 2.45) is 0 Å². The summed E-state index contributed by atoms with van der Waals surface area (Å²) in [4.78, 5) is 4.28. The van der Waals surface area contributed by atoms with Crippen LogP contribution in [0.5, 0.6) is 0 Å². The average molecular weight is 305 g/mol. The molecule has 1 heterocycles. The molecule has 0 saturated carbocycles. The lowest BCUT2D eigenvalue weighted by Gasteiger charge is -2.03. The summed E-state index contributed by atoms with van der Waals surface area (Å²) in [5, 5.41) is 0. The van der Waals surface area contributed by atoms with E-state index in [-0.39, 0.29) is 5.56 Å². The van der Waals surface area contributed by atoms with Crippen molar-refractivity contribution < 1.29 is 8.78 Å². The van der Waals surface area contributed by atoms with Crippen LogP contribution in [0.3, 0.4) is 0 Å². The molecule has 0 N–H and O–H groups in total. The third-order valence-electron chi connectivity index (χ3n) is 3.53. The Labute approximate surface area is 132 Å². The van der Waals surface area contributed by atoms with Gasteiger partial charge in [0.1, 0.15) is 11.6 Å². The molecule has 1 aromatic heterocycles. The number of nitrogens with zero attached hydrogens (tertiary/aromatic N) is 1. The highest BCUT2D eigenvalue weighted by molar-refractivity contribution is 5.26. The van der Waals surface area contributed by atoms with Gasteiger partial charge in [-0.15, -0.1) is 0 Å². The lowest BCUT2D eigenvalue weighted by atomic mass is 10.1. The topological polar surface area (TPSA) is 12.9 Å². The van der Waals surface area contributed by atoms with Crippen molar-refractivity contribution in [1.29, 1.82) is 0 Å². The molecule has 0 amide bonds. The van der Waals surface area contributed by atoms with E-state index in [1.165, 1.54) is 29.8 Å². The standard InChI is InChI=1S/C10H15N.C9H10F2/c1-3-5-10-8-9(4-2)6-7-11-10;1-3-7-8(10)5-4-6(2)9(7)11/h6-8H,3-5H2,1-2H3;4-5H,3H2,1-2H3. The monoisotopic (exact) mass is 305 g/mol. The van der Waals surface area contributed by atoms with Gasteiger partial charge in [-0.1, -0.05) is 33.3 Å². The molecule has 1 aromatic carbocycles. The number of pyridine rings is 1. The van der Waals surface area contributed by atoms with E-state index in [4.69, 9.17) is 0 Å². The van der Waals surface area contributed by atoms with Gasteiger partial charge >= 0.3 is 0 Å². The normalized spacial score (nSPS) is 10.1. The van der Waals surface area contributed by atoms with Gasteiger partial charge in [0, 0.05) is 17.5 Å². The van der Waals surface area contributed by atoms with Gasteiger partial charge in [0.15, 0.2) is 0 Å². The second-order valence-corrected chi connectivity index (χ2v) is 5.27. The number of hydrogen-bond donors (Lipinski definition) is 0. The molecule has 22 heavy (non-hydrogen) atoms. The molecule has 0 spiro atoms. The summed E-state index contributed by atoms with van der Waals surface area (Å²) in [6, 6.07) is 7.03. The minimum atomic E-state index is -0.449. The number of aromatic nitrogens is 1. The van der Waals surface area contributed by atoms with Crippen LogP contribution in [0.2, 0.25) is 0 Å². The fourth-order valence-corrected chi connectivity index (χ4v) is 2.18. The summed E-state index contributed by atoms with van der Waals surface area (Å²) in [6.07, 6.45) is 5.70. The molecule has 0 aliphatic carbocycles. The molecule has 2 aromatic rings. The zero-order valence-electron chi connectivity index (χ0n) is 13.9. The van der Waals surface area contributed by atoms with E-state index in [0.717, 1.165) is 12.8 Å². The van der Waals surface area contributed by atoms with Crippen LogP contribution in [-0.4, -0.2) is 4.98 Å². The van der Waals surface area contributed by atoms with Gasteiger partial charge < -0.3 is 0 Å². The third-order valence-corrected chi connectivity index (χ3v) is 3.53. The summed E-state index contributed by atoms with van der Waals surface area (Å²) in [6.45, 7) is 7.72. The third kappa shape index (κ3) is 5.21. The molecule has 0 unspecified atom stereocenters. The quantitative estimate of drug-likeness (QED) is 0.733. The van der Waals surface area contributed by atoms with E-state index < -0.39 is 11.6 Å². The smallest absolute Gasteiger partial charge is 0.132 e. The van der Waals surface area contributed by atoms with Gasteiger partial charge in [-0.3, -0.25) is 4.98 Å². The fraction of sp³-hybridized carbons (Fsp3) is 0.421. The minimum Gasteiger partial charge on any atom is -0.261 e. The molecule has 0 aliphatic rings. The highest BCUT2D eigenvalue weighted by atomic mass is 19.1. The minimum absolute atomic E-state index is 0.185. The van der Waals surface area contributed by atoms with E-state index in [9.17, 15) is 8.78 Å². The number of benzene rings is 1. The van der Waals surface area contributed by atoms with E-state index >= 15 is 0 Å². The molecule has 0 atom stereocenters. The zero-order chi connectivity index (χ0) is 16.5. The molecule has 0 bridgehead atoms. The molecule has 120 valence electrons. The Morgan fingerprint density at radius 2 is 1.73 bits per heavy atom. The maximum absolute atomic E-state index is 13.0. The van der Waals surface area contributed by atoms with Gasteiger partial charge in [0.05, 0.1) is 0 Å². The van der Waals surface area contributed by atoms with Gasteiger partial charge in [0.2, 0.25) is 0 Å². The maximum atomic E-state index is 13.0. The summed E-state index contributed by atoms with van der Waals surface area (Å²) >= 11 is 0. The number of rotatable bonds is 4. The summed E-state index contributed by atoms with van der Waals surface area (Å²) < 4.78 is 25.8. The Morgan fingerprint density at radius 1 is 1.00 bits per heavy atom. The summed E-state index contributed by atoms with van der Waals surface area (Å²) in [5.74, 6) is -0.858. The van der Waals surface area contributed by atoms with Crippen molar-refractivity contribution in [3.8, 4) is 0 Å². The van der Waals surface area contributed by atoms with Crippen molar-refractivity contribution in [2.75, 3.05) is 0 Å². The van der Waals surface area contributed by atoms with Crippen LogP contribution in [0.15, 0.2) is 30.5 Å². The molecule has 1 nitrogen and oxygen atoms in total. The van der Waals surface area contributed by atoms with Crippen molar-refractivity contribution in [2.45, 2.75) is 53.4 Å². The van der Waals surface area contributed by atoms with Gasteiger partial charge in [-0.2, -0.15) is 0 Å². The highest BCUT2D eigenvalue weighted by Gasteiger charge is 2.07. The van der Waals surface area contributed by atoms with E-state index in [1.54, 1.807) is 13.8 Å². The second kappa shape index (κ2) is 9.29. The Bertz CT molecular complexity index is 594. The molecule has 0 fully saturated rings. The number of halogens is 2. The Balaban J connectivity index is 0.000000220. The van der Waals surface area contributed by atoms with E-state index in [2.05, 4.69) is 31.0 Å². The molecular formula is C19H25F2N. The van der Waals surface area contributed by atoms with Crippen molar-refractivity contribution >= 4 is 0 Å². The van der Waals surface area contributed by atoms with Crippen molar-refractivity contribution in [3.63, 3.8) is 0 Å². The van der Waals surface area contributed by atoms with Crippen LogP contribution in [-0.2, 0) is 19.3 Å². The largest absolute Gasteiger partial charge is 0.261 e. The first-order chi connectivity index (χ1) is 10.5. The van der Waals surface area contributed by atoms with Crippen LogP contribution >= 0.6 is 0 Å². The Hall–Kier alpha value is -1.77. The van der Waals surface area contributed by atoms with Gasteiger partial charge in [-0.05, 0) is 55.5 Å². The first kappa shape index (κ1) is 18.3. The number of hydrogen-bond acceptors (Lipinski definition) is 1. The Kier molecular flexibility index (Phi) is 7.72. The maximum Gasteiger partial charge on any atom is 0.132 e. The second-order valence-electron chi connectivity index (χ2n) is 5.27. The predicted molar refractivity (Wildman–Crippen MR) is 88.1 cm³/mol. The zero-order valence-corrected chi connectivity index (χ0v) is 13.9. The fourth-order valence-electron chi connectivity index (χ4n) is 2.18. The van der Waals surface area contributed by atoms with Crippen LogP contribution in [0, 0.1) is 18.6 Å². The first-order valence-corrected chi connectivity index (χ1v) is 7.90. The molecule has 0 saturated heterocycles. The van der Waals surface area contributed by atoms with Crippen molar-refractivity contribution in [1.82, 2.24) is 4.98 Å². The molecule has 2 rings (SSSR count). The van der Waals surface area contributed by atoms with Gasteiger partial charge in [-0.25, -0.2) is 8.78 Å². The lowest BCUT2D eigenvalue weighted by molar-refractivity contribution is 0.553. The first-order valence-electron chi connectivity index (χ1n) is 7.90. The van der Waals surface area contributed by atoms with Crippen LogP contribution in [0.4, 0.5) is 8.78 Å². The van der Waals surface area contributed by atoms with Crippen LogP contribution in [0.25, 0.3) is 0 Å². The van der Waals surface area contributed by atoms with Crippen LogP contribution < -0.4 is 0 Å². The highest BCUT2D eigenvalue weighted by Crippen LogP contribution is 2.16. The predicted octanol–water partition coefficient (Wildman–Crippen LogP) is 5.43. The van der Waals surface area contributed by atoms with E-state index in [1.807, 2.05) is 6.20 Å². The van der Waals surface area contributed by atoms with E-state index in [0.29, 0.717) is 12.0 Å². The van der Waals surface area contributed by atoms with Gasteiger partial charge in [0.25, 0.3) is 0 Å². The molecule has 0 aliphatic heterocycles. The molecule has 0 radical (unpaired) electrons. The summed E-state index contributed by atoms with van der Waals surface area (Å²) in [5.41, 5.74) is 3.31. The SMILES string of the molecule is CCCc1cc(CC)ccn1.CCc1c(F)ccc(C)c1F. The van der Waals surface area contributed by atoms with Crippen LogP contribution in [0.1, 0.15) is 49.6 Å². The average Bonchev–Trinajstić information content (AvgIpc) is 2.53. The number of aryl methyl sites for hydroxylation is 3. The van der Waals surface area contributed by atoms with Crippen molar-refractivity contribution in [3.05, 3.63) is 64.5 Å². The Morgan fingerprint density at radius 3 is 2.27 bits per heavy atom. The lowest BCUT2D eigenvalue weighted by Crippen LogP contribution is -1.95. The summed E-state index contributed by atoms with van der Waals surface area (Å²) in [7, 11) is 0.